The summed E-state index contributed by atoms with van der Waals surface area (Å²) < 4.78 is 7.84. The lowest BCUT2D eigenvalue weighted by Gasteiger charge is -2.42. The number of aliphatic carboxylic acids is 1. The van der Waals surface area contributed by atoms with Crippen molar-refractivity contribution >= 4 is 46.8 Å². The molecule has 1 aromatic heterocycles. The molecule has 2 heterocycles. The Bertz CT molecular complexity index is 1620. The minimum Gasteiger partial charge on any atom is -0.495 e. The van der Waals surface area contributed by atoms with E-state index in [1.165, 1.54) is 35.7 Å². The smallest absolute Gasteiger partial charge is 0.306 e. The average Bonchev–Trinajstić information content (AvgIpc) is 3.53. The summed E-state index contributed by atoms with van der Waals surface area (Å²) in [5.74, 6) is 0.393. The van der Waals surface area contributed by atoms with Crippen LogP contribution in [-0.4, -0.2) is 88.6 Å². The SMILES string of the molecule is COc1ccccc1N1CCN(C[C@@H](Cc2cn(C)c3ccccc23)N(C(=O)C2CCCCC2)C(=O)C2CCCCC2)CC1.Cl.O.O=C(O)C1CCCCC1. The van der Waals surface area contributed by atoms with Crippen LogP contribution in [0.4, 0.5) is 5.69 Å². The van der Waals surface area contributed by atoms with Gasteiger partial charge in [0.2, 0.25) is 11.8 Å². The normalized spacial score (nSPS) is 19.3. The molecule has 4 aliphatic rings. The highest BCUT2D eigenvalue weighted by atomic mass is 35.5. The van der Waals surface area contributed by atoms with Crippen molar-refractivity contribution in [3.8, 4) is 5.75 Å². The minimum atomic E-state index is -0.602. The van der Waals surface area contributed by atoms with E-state index in [9.17, 15) is 14.4 Å². The van der Waals surface area contributed by atoms with Crippen LogP contribution >= 0.6 is 12.4 Å². The van der Waals surface area contributed by atoms with Gasteiger partial charge in [-0.1, -0.05) is 88.1 Å². The second-order valence-electron chi connectivity index (χ2n) is 16.0. The molecule has 10 nitrogen and oxygen atoms in total. The van der Waals surface area contributed by atoms with Crippen LogP contribution in [0.25, 0.3) is 10.9 Å². The first kappa shape index (κ1) is 44.1. The molecule has 11 heteroatoms. The first-order valence-electron chi connectivity index (χ1n) is 20.6. The number of hydrogen-bond donors (Lipinski definition) is 1. The number of rotatable bonds is 10. The summed E-state index contributed by atoms with van der Waals surface area (Å²) in [6, 6.07) is 16.5. The number of para-hydroxylation sites is 3. The molecular formula is C44H65ClN4O6. The fourth-order valence-corrected chi connectivity index (χ4v) is 9.35. The van der Waals surface area contributed by atoms with Crippen molar-refractivity contribution < 1.29 is 29.7 Å². The average molecular weight is 781 g/mol. The lowest BCUT2D eigenvalue weighted by molar-refractivity contribution is -0.155. The summed E-state index contributed by atoms with van der Waals surface area (Å²) in [5.41, 5.74) is 3.54. The van der Waals surface area contributed by atoms with E-state index in [0.29, 0.717) is 13.0 Å². The summed E-state index contributed by atoms with van der Waals surface area (Å²) in [6.07, 6.45) is 18.5. The Morgan fingerprint density at radius 1 is 0.745 bits per heavy atom. The van der Waals surface area contributed by atoms with Crippen molar-refractivity contribution in [3.63, 3.8) is 0 Å². The summed E-state index contributed by atoms with van der Waals surface area (Å²) in [7, 11) is 3.82. The van der Waals surface area contributed by atoms with Crippen LogP contribution in [-0.2, 0) is 27.9 Å². The number of anilines is 1. The van der Waals surface area contributed by atoms with Gasteiger partial charge in [0.1, 0.15) is 5.75 Å². The Hall–Kier alpha value is -3.60. The molecule has 3 aliphatic carbocycles. The Kier molecular flexibility index (Phi) is 17.4. The van der Waals surface area contributed by atoms with Crippen molar-refractivity contribution in [2.45, 2.75) is 109 Å². The Morgan fingerprint density at radius 3 is 1.78 bits per heavy atom. The number of carbonyl (C=O) groups excluding carboxylic acids is 2. The van der Waals surface area contributed by atoms with Gasteiger partial charge < -0.3 is 24.8 Å². The molecule has 4 fully saturated rings. The molecule has 0 unspecified atom stereocenters. The third kappa shape index (κ3) is 11.3. The first-order valence-corrected chi connectivity index (χ1v) is 20.6. The van der Waals surface area contributed by atoms with Crippen molar-refractivity contribution in [1.82, 2.24) is 14.4 Å². The third-order valence-electron chi connectivity index (χ3n) is 12.4. The number of methoxy groups -OCH3 is 1. The number of benzene rings is 2. The maximum atomic E-state index is 14.5. The fraction of sp³-hybridized carbons (Fsp3) is 0.614. The molecule has 3 aromatic rings. The zero-order chi connectivity index (χ0) is 37.2. The Morgan fingerprint density at radius 2 is 1.25 bits per heavy atom. The predicted octanol–water partition coefficient (Wildman–Crippen LogP) is 7.68. The van der Waals surface area contributed by atoms with E-state index in [-0.39, 0.29) is 53.5 Å². The highest BCUT2D eigenvalue weighted by Gasteiger charge is 2.39. The molecule has 2 aromatic carbocycles. The summed E-state index contributed by atoms with van der Waals surface area (Å²) in [6.45, 7) is 4.24. The molecule has 0 radical (unpaired) electrons. The number of aromatic nitrogens is 1. The molecule has 1 saturated heterocycles. The van der Waals surface area contributed by atoms with Crippen molar-refractivity contribution in [1.29, 1.82) is 0 Å². The quantitative estimate of drug-likeness (QED) is 0.209. The molecule has 7 rings (SSSR count). The first-order chi connectivity index (χ1) is 25.8. The number of fused-ring (bicyclic) bond motifs is 1. The van der Waals surface area contributed by atoms with Crippen molar-refractivity contribution in [2.24, 2.45) is 24.8 Å². The second kappa shape index (κ2) is 21.6. The molecule has 3 N–H and O–H groups in total. The van der Waals surface area contributed by atoms with E-state index in [1.807, 2.05) is 17.0 Å². The van der Waals surface area contributed by atoms with Gasteiger partial charge in [0, 0.05) is 68.7 Å². The summed E-state index contributed by atoms with van der Waals surface area (Å²) in [4.78, 5) is 46.0. The standard InChI is InChI=1S/C37H50N4O3.C7H12O2.ClH.H2O/c1-38-26-30(32-17-9-10-18-33(32)38)25-31(27-39-21-23-40(24-22-39)34-19-11-12-20-35(34)44-2)41(36(42)28-13-5-3-6-14-28)37(43)29-15-7-4-8-16-29;8-7(9)6-4-2-1-3-5-6;;/h9-12,17-20,26,28-29,31H,3-8,13-16,21-25,27H2,1-2H3;6H,1-5H2,(H,8,9);1H;1H2/t31-;;;/m1.../s1. The minimum absolute atomic E-state index is 0. The molecule has 3 saturated carbocycles. The van der Waals surface area contributed by atoms with Gasteiger partial charge in [-0.2, -0.15) is 0 Å². The van der Waals surface area contributed by atoms with Crippen LogP contribution in [0.1, 0.15) is 102 Å². The van der Waals surface area contributed by atoms with Gasteiger partial charge in [-0.05, 0) is 68.7 Å². The fourth-order valence-electron chi connectivity index (χ4n) is 9.35. The maximum absolute atomic E-state index is 14.5. The molecule has 2 amide bonds. The molecule has 0 spiro atoms. The van der Waals surface area contributed by atoms with Gasteiger partial charge in [0.05, 0.1) is 24.8 Å². The van der Waals surface area contributed by atoms with Crippen LogP contribution in [0.2, 0.25) is 0 Å². The predicted molar refractivity (Wildman–Crippen MR) is 222 cm³/mol. The number of imide groups is 1. The zero-order valence-corrected chi connectivity index (χ0v) is 33.9. The lowest BCUT2D eigenvalue weighted by atomic mass is 9.85. The lowest BCUT2D eigenvalue weighted by Crippen LogP contribution is -2.57. The zero-order valence-electron chi connectivity index (χ0n) is 33.1. The van der Waals surface area contributed by atoms with E-state index in [4.69, 9.17) is 9.84 Å². The Balaban J connectivity index is 0.000000539. The molecule has 55 heavy (non-hydrogen) atoms. The molecule has 1 atom stereocenters. The van der Waals surface area contributed by atoms with Crippen molar-refractivity contribution in [3.05, 3.63) is 60.3 Å². The Labute approximate surface area is 334 Å². The summed E-state index contributed by atoms with van der Waals surface area (Å²) >= 11 is 0. The van der Waals surface area contributed by atoms with Crippen LogP contribution in [0, 0.1) is 17.8 Å². The summed E-state index contributed by atoms with van der Waals surface area (Å²) in [5, 5.41) is 9.76. The highest BCUT2D eigenvalue weighted by molar-refractivity contribution is 5.98. The van der Waals surface area contributed by atoms with Crippen LogP contribution < -0.4 is 9.64 Å². The van der Waals surface area contributed by atoms with E-state index < -0.39 is 5.97 Å². The number of nitrogens with zero attached hydrogens (tertiary/aromatic N) is 4. The number of aryl methyl sites for hydroxylation is 1. The monoisotopic (exact) mass is 780 g/mol. The molecule has 1 aliphatic heterocycles. The largest absolute Gasteiger partial charge is 0.495 e. The number of ether oxygens (including phenoxy) is 1. The van der Waals surface area contributed by atoms with Crippen LogP contribution in [0.5, 0.6) is 5.75 Å². The van der Waals surface area contributed by atoms with Crippen LogP contribution in [0.3, 0.4) is 0 Å². The molecule has 304 valence electrons. The van der Waals surface area contributed by atoms with E-state index in [2.05, 4.69) is 64.0 Å². The number of halogens is 1. The van der Waals surface area contributed by atoms with Crippen molar-refractivity contribution in [2.75, 3.05) is 44.7 Å². The van der Waals surface area contributed by atoms with E-state index in [1.54, 1.807) is 7.11 Å². The highest BCUT2D eigenvalue weighted by Crippen LogP contribution is 2.33. The van der Waals surface area contributed by atoms with Gasteiger partial charge in [0.25, 0.3) is 0 Å². The van der Waals surface area contributed by atoms with Crippen LogP contribution in [0.15, 0.2) is 54.7 Å². The topological polar surface area (TPSA) is 127 Å². The van der Waals surface area contributed by atoms with Gasteiger partial charge in [0.15, 0.2) is 0 Å². The van der Waals surface area contributed by atoms with Gasteiger partial charge in [-0.15, -0.1) is 12.4 Å². The number of carboxylic acid groups (broad SMARTS) is 1. The molecule has 0 bridgehead atoms. The van der Waals surface area contributed by atoms with E-state index >= 15 is 0 Å². The number of amides is 2. The number of carbonyl (C=O) groups is 3. The third-order valence-corrected chi connectivity index (χ3v) is 12.4. The van der Waals surface area contributed by atoms with Gasteiger partial charge in [-0.3, -0.25) is 24.2 Å². The van der Waals surface area contributed by atoms with Gasteiger partial charge in [-0.25, -0.2) is 0 Å². The number of hydrogen-bond acceptors (Lipinski definition) is 6. The number of piperazine rings is 1. The van der Waals surface area contributed by atoms with Gasteiger partial charge >= 0.3 is 5.97 Å². The maximum Gasteiger partial charge on any atom is 0.306 e. The second-order valence-corrected chi connectivity index (χ2v) is 16.0. The van der Waals surface area contributed by atoms with E-state index in [0.717, 1.165) is 115 Å². The number of carboxylic acids is 1. The molecular weight excluding hydrogens is 716 g/mol.